The molecule has 2 aliphatic heterocycles. The predicted octanol–water partition coefficient (Wildman–Crippen LogP) is 1.14. The van der Waals surface area contributed by atoms with Crippen molar-refractivity contribution in [3.8, 4) is 0 Å². The highest BCUT2D eigenvalue weighted by Crippen LogP contribution is 2.06. The SMILES string of the molecule is CCNC(=NCCCCN1CCN(CC)CC1)N1CCN(C(=O)OCC)CC1. The number of ether oxygens (including phenoxy) is 1. The van der Waals surface area contributed by atoms with Gasteiger partial charge in [-0.15, -0.1) is 0 Å². The zero-order valence-corrected chi connectivity index (χ0v) is 18.2. The van der Waals surface area contributed by atoms with Crippen molar-refractivity contribution in [3.63, 3.8) is 0 Å². The number of piperazine rings is 2. The minimum atomic E-state index is -0.205. The van der Waals surface area contributed by atoms with Crippen LogP contribution in [0.25, 0.3) is 0 Å². The van der Waals surface area contributed by atoms with Gasteiger partial charge in [0.05, 0.1) is 6.61 Å². The maximum atomic E-state index is 11.8. The lowest BCUT2D eigenvalue weighted by Crippen LogP contribution is -2.53. The molecule has 0 atom stereocenters. The Balaban J connectivity index is 1.67. The van der Waals surface area contributed by atoms with Crippen LogP contribution in [0.2, 0.25) is 0 Å². The van der Waals surface area contributed by atoms with E-state index in [0.29, 0.717) is 19.7 Å². The van der Waals surface area contributed by atoms with Crippen LogP contribution in [0.4, 0.5) is 4.79 Å². The summed E-state index contributed by atoms with van der Waals surface area (Å²) in [6, 6.07) is 0. The number of aliphatic imine (C=N–C) groups is 1. The van der Waals surface area contributed by atoms with Crippen molar-refractivity contribution >= 4 is 12.1 Å². The second-order valence-corrected chi connectivity index (χ2v) is 7.39. The fourth-order valence-corrected chi connectivity index (χ4v) is 3.70. The first-order valence-corrected chi connectivity index (χ1v) is 11.1. The lowest BCUT2D eigenvalue weighted by Gasteiger charge is -2.36. The van der Waals surface area contributed by atoms with Crippen LogP contribution in [0, 0.1) is 0 Å². The Labute approximate surface area is 170 Å². The molecule has 0 aromatic rings. The topological polar surface area (TPSA) is 63.7 Å². The van der Waals surface area contributed by atoms with Crippen molar-refractivity contribution in [2.45, 2.75) is 33.6 Å². The summed E-state index contributed by atoms with van der Waals surface area (Å²) in [5.41, 5.74) is 0. The minimum absolute atomic E-state index is 0.205. The highest BCUT2D eigenvalue weighted by Gasteiger charge is 2.23. The van der Waals surface area contributed by atoms with E-state index in [1.54, 1.807) is 4.90 Å². The van der Waals surface area contributed by atoms with E-state index in [0.717, 1.165) is 38.6 Å². The van der Waals surface area contributed by atoms with Gasteiger partial charge in [-0.1, -0.05) is 6.92 Å². The van der Waals surface area contributed by atoms with Gasteiger partial charge >= 0.3 is 6.09 Å². The number of likely N-dealkylation sites (N-methyl/N-ethyl adjacent to an activating group) is 1. The maximum absolute atomic E-state index is 11.8. The van der Waals surface area contributed by atoms with Gasteiger partial charge in [0, 0.05) is 65.4 Å². The molecule has 0 aromatic heterocycles. The average molecular weight is 397 g/mol. The Morgan fingerprint density at radius 3 is 2.14 bits per heavy atom. The number of hydrogen-bond acceptors (Lipinski definition) is 5. The third kappa shape index (κ3) is 7.47. The van der Waals surface area contributed by atoms with Crippen LogP contribution < -0.4 is 5.32 Å². The normalized spacial score (nSPS) is 19.8. The van der Waals surface area contributed by atoms with Crippen molar-refractivity contribution < 1.29 is 9.53 Å². The molecule has 162 valence electrons. The first-order chi connectivity index (χ1) is 13.7. The number of amides is 1. The summed E-state index contributed by atoms with van der Waals surface area (Å²) in [5.74, 6) is 0.975. The van der Waals surface area contributed by atoms with Gasteiger partial charge < -0.3 is 29.7 Å². The molecular weight excluding hydrogens is 356 g/mol. The monoisotopic (exact) mass is 396 g/mol. The molecule has 8 heteroatoms. The molecule has 0 aliphatic carbocycles. The van der Waals surface area contributed by atoms with Crippen LogP contribution in [0.5, 0.6) is 0 Å². The zero-order valence-electron chi connectivity index (χ0n) is 18.2. The smallest absolute Gasteiger partial charge is 0.409 e. The van der Waals surface area contributed by atoms with Gasteiger partial charge in [-0.2, -0.15) is 0 Å². The molecule has 2 rings (SSSR count). The summed E-state index contributed by atoms with van der Waals surface area (Å²) in [5, 5.41) is 3.40. The second kappa shape index (κ2) is 12.8. The van der Waals surface area contributed by atoms with Crippen LogP contribution in [-0.4, -0.2) is 117 Å². The molecule has 0 bridgehead atoms. The first kappa shape index (κ1) is 22.7. The Morgan fingerprint density at radius 1 is 0.893 bits per heavy atom. The van der Waals surface area contributed by atoms with E-state index in [2.05, 4.69) is 33.9 Å². The molecule has 0 saturated carbocycles. The lowest BCUT2D eigenvalue weighted by molar-refractivity contribution is 0.0914. The Morgan fingerprint density at radius 2 is 1.54 bits per heavy atom. The molecule has 1 amide bonds. The van der Waals surface area contributed by atoms with Gasteiger partial charge in [-0.3, -0.25) is 4.99 Å². The molecular formula is C20H40N6O2. The Hall–Kier alpha value is -1.54. The summed E-state index contributed by atoms with van der Waals surface area (Å²) in [4.78, 5) is 25.8. The van der Waals surface area contributed by atoms with Gasteiger partial charge in [0.2, 0.25) is 0 Å². The van der Waals surface area contributed by atoms with E-state index in [-0.39, 0.29) is 6.09 Å². The van der Waals surface area contributed by atoms with E-state index in [1.807, 2.05) is 6.92 Å². The summed E-state index contributed by atoms with van der Waals surface area (Å²) < 4.78 is 5.09. The molecule has 0 radical (unpaired) electrons. The van der Waals surface area contributed by atoms with Crippen LogP contribution >= 0.6 is 0 Å². The van der Waals surface area contributed by atoms with E-state index < -0.39 is 0 Å². The Bertz CT molecular complexity index is 471. The summed E-state index contributed by atoms with van der Waals surface area (Å²) in [6.45, 7) is 18.5. The van der Waals surface area contributed by atoms with E-state index >= 15 is 0 Å². The molecule has 2 heterocycles. The quantitative estimate of drug-likeness (QED) is 0.377. The summed E-state index contributed by atoms with van der Waals surface area (Å²) >= 11 is 0. The summed E-state index contributed by atoms with van der Waals surface area (Å²) in [7, 11) is 0. The number of carbonyl (C=O) groups is 1. The molecule has 0 unspecified atom stereocenters. The number of rotatable bonds is 8. The lowest BCUT2D eigenvalue weighted by atomic mass is 10.2. The average Bonchev–Trinajstić information content (AvgIpc) is 2.73. The number of nitrogens with one attached hydrogen (secondary N) is 1. The van der Waals surface area contributed by atoms with Gasteiger partial charge in [0.15, 0.2) is 5.96 Å². The molecule has 2 saturated heterocycles. The van der Waals surface area contributed by atoms with Crippen LogP contribution in [0.15, 0.2) is 4.99 Å². The molecule has 8 nitrogen and oxygen atoms in total. The summed E-state index contributed by atoms with van der Waals surface area (Å²) in [6.07, 6.45) is 2.11. The predicted molar refractivity (Wildman–Crippen MR) is 114 cm³/mol. The third-order valence-electron chi connectivity index (χ3n) is 5.50. The highest BCUT2D eigenvalue weighted by molar-refractivity contribution is 5.80. The Kier molecular flexibility index (Phi) is 10.4. The molecule has 2 fully saturated rings. The third-order valence-corrected chi connectivity index (χ3v) is 5.50. The van der Waals surface area contributed by atoms with Crippen LogP contribution in [-0.2, 0) is 4.74 Å². The van der Waals surface area contributed by atoms with E-state index in [4.69, 9.17) is 9.73 Å². The van der Waals surface area contributed by atoms with Gasteiger partial charge in [-0.05, 0) is 39.8 Å². The van der Waals surface area contributed by atoms with Crippen molar-refractivity contribution in [2.24, 2.45) is 4.99 Å². The van der Waals surface area contributed by atoms with Crippen LogP contribution in [0.3, 0.4) is 0 Å². The molecule has 0 spiro atoms. The number of guanidine groups is 1. The van der Waals surface area contributed by atoms with Crippen LogP contribution in [0.1, 0.15) is 33.6 Å². The molecule has 2 aliphatic rings. The fourth-order valence-electron chi connectivity index (χ4n) is 3.70. The van der Waals surface area contributed by atoms with E-state index in [9.17, 15) is 4.79 Å². The van der Waals surface area contributed by atoms with Crippen molar-refractivity contribution in [1.82, 2.24) is 24.9 Å². The molecule has 1 N–H and O–H groups in total. The van der Waals surface area contributed by atoms with E-state index in [1.165, 1.54) is 45.7 Å². The minimum Gasteiger partial charge on any atom is -0.450 e. The number of unbranched alkanes of at least 4 members (excludes halogenated alkanes) is 1. The standard InChI is InChI=1S/C20H40N6O2/c1-4-21-19(25-15-17-26(18-16-25)20(27)28-6-3)22-9-7-8-10-24-13-11-23(5-2)12-14-24/h4-18H2,1-3H3,(H,21,22). The molecule has 28 heavy (non-hydrogen) atoms. The fraction of sp³-hybridized carbons (Fsp3) is 0.900. The van der Waals surface area contributed by atoms with Gasteiger partial charge in [0.1, 0.15) is 0 Å². The number of nitrogens with zero attached hydrogens (tertiary/aromatic N) is 5. The molecule has 0 aromatic carbocycles. The van der Waals surface area contributed by atoms with Gasteiger partial charge in [0.25, 0.3) is 0 Å². The van der Waals surface area contributed by atoms with Crippen molar-refractivity contribution in [3.05, 3.63) is 0 Å². The number of hydrogen-bond donors (Lipinski definition) is 1. The van der Waals surface area contributed by atoms with Gasteiger partial charge in [-0.25, -0.2) is 4.79 Å². The van der Waals surface area contributed by atoms with Crippen molar-refractivity contribution in [2.75, 3.05) is 85.1 Å². The first-order valence-electron chi connectivity index (χ1n) is 11.1. The zero-order chi connectivity index (χ0) is 20.2. The largest absolute Gasteiger partial charge is 0.450 e. The van der Waals surface area contributed by atoms with Crippen molar-refractivity contribution in [1.29, 1.82) is 0 Å². The highest BCUT2D eigenvalue weighted by atomic mass is 16.6. The number of carbonyl (C=O) groups excluding carboxylic acids is 1. The second-order valence-electron chi connectivity index (χ2n) is 7.39. The maximum Gasteiger partial charge on any atom is 0.409 e.